The van der Waals surface area contributed by atoms with Crippen molar-refractivity contribution in [1.82, 2.24) is 0 Å². The number of aryl methyl sites for hydroxylation is 2. The normalized spacial score (nSPS) is 10.7. The minimum Gasteiger partial charge on any atom is -0.481 e. The maximum absolute atomic E-state index is 11.5. The van der Waals surface area contributed by atoms with Crippen molar-refractivity contribution in [2.75, 3.05) is 0 Å². The van der Waals surface area contributed by atoms with Crippen molar-refractivity contribution in [1.29, 1.82) is 0 Å². The molecule has 0 aliphatic rings. The van der Waals surface area contributed by atoms with Crippen molar-refractivity contribution < 1.29 is 14.7 Å². The summed E-state index contributed by atoms with van der Waals surface area (Å²) in [5.74, 6) is -1.28. The van der Waals surface area contributed by atoms with Gasteiger partial charge in [0, 0.05) is 26.0 Å². The lowest BCUT2D eigenvalue weighted by Gasteiger charge is -2.12. The summed E-state index contributed by atoms with van der Waals surface area (Å²) in [6.07, 6.45) is 0.536. The molecule has 0 aliphatic carbocycles. The molecule has 0 fully saturated rings. The number of halogens is 1. The van der Waals surface area contributed by atoms with Gasteiger partial charge in [0.2, 0.25) is 5.91 Å². The van der Waals surface area contributed by atoms with Crippen molar-refractivity contribution in [2.45, 2.75) is 19.8 Å². The molecule has 0 bridgehead atoms. The van der Waals surface area contributed by atoms with Crippen molar-refractivity contribution >= 4 is 39.1 Å². The molecule has 4 nitrogen and oxygen atoms in total. The van der Waals surface area contributed by atoms with E-state index in [1.807, 2.05) is 37.3 Å². The van der Waals surface area contributed by atoms with Gasteiger partial charge >= 0.3 is 5.97 Å². The molecule has 0 saturated carbocycles. The molecule has 3 N–H and O–H groups in total. The maximum Gasteiger partial charge on any atom is 0.303 e. The summed E-state index contributed by atoms with van der Waals surface area (Å²) in [6, 6.07) is 13.4. The summed E-state index contributed by atoms with van der Waals surface area (Å²) in [5.41, 5.74) is 10.9. The second kappa shape index (κ2) is 8.06. The molecule has 0 spiro atoms. The molecule has 1 heterocycles. The molecule has 0 unspecified atom stereocenters. The maximum atomic E-state index is 11.5. The Balaban J connectivity index is 2.15. The van der Waals surface area contributed by atoms with Gasteiger partial charge in [0.1, 0.15) is 0 Å². The highest BCUT2D eigenvalue weighted by atomic mass is 79.9. The quantitative estimate of drug-likeness (QED) is 0.544. The zero-order valence-corrected chi connectivity index (χ0v) is 17.1. The van der Waals surface area contributed by atoms with Crippen LogP contribution in [0, 0.1) is 6.92 Å². The van der Waals surface area contributed by atoms with Gasteiger partial charge in [-0.1, -0.05) is 34.1 Å². The molecular formula is C21H18BrNO3S. The van der Waals surface area contributed by atoms with E-state index in [4.69, 9.17) is 10.8 Å². The predicted octanol–water partition coefficient (Wildman–Crippen LogP) is 5.27. The molecule has 3 rings (SSSR count). The number of carboxylic acid groups (broad SMARTS) is 1. The number of carbonyl (C=O) groups is 2. The standard InChI is InChI=1S/C21H18BrNO3S/c1-12-10-14(21(23)26)4-7-16(12)20-17(13-2-5-15(22)6-3-13)11-27-18(20)8-9-19(24)25/h2-7,10-11H,8-9H2,1H3,(H2,23,26)(H,24,25). The first-order chi connectivity index (χ1) is 12.9. The summed E-state index contributed by atoms with van der Waals surface area (Å²) < 4.78 is 0.996. The Morgan fingerprint density at radius 1 is 1.11 bits per heavy atom. The van der Waals surface area contributed by atoms with Gasteiger partial charge in [-0.15, -0.1) is 11.3 Å². The van der Waals surface area contributed by atoms with E-state index in [-0.39, 0.29) is 6.42 Å². The van der Waals surface area contributed by atoms with E-state index >= 15 is 0 Å². The summed E-state index contributed by atoms with van der Waals surface area (Å²) >= 11 is 5.02. The van der Waals surface area contributed by atoms with E-state index in [1.165, 1.54) is 0 Å². The second-order valence-corrected chi connectivity index (χ2v) is 8.12. The van der Waals surface area contributed by atoms with Gasteiger partial charge in [0.05, 0.1) is 6.42 Å². The third-order valence-corrected chi connectivity index (χ3v) is 5.94. The zero-order valence-electron chi connectivity index (χ0n) is 14.7. The molecule has 1 amide bonds. The SMILES string of the molecule is Cc1cc(C(N)=O)ccc1-c1c(-c2ccc(Br)cc2)csc1CCC(=O)O. The lowest BCUT2D eigenvalue weighted by atomic mass is 9.92. The molecule has 27 heavy (non-hydrogen) atoms. The van der Waals surface area contributed by atoms with E-state index in [9.17, 15) is 9.59 Å². The topological polar surface area (TPSA) is 80.4 Å². The van der Waals surface area contributed by atoms with Crippen LogP contribution in [0.3, 0.4) is 0 Å². The Morgan fingerprint density at radius 2 is 1.81 bits per heavy atom. The zero-order chi connectivity index (χ0) is 19.6. The molecular weight excluding hydrogens is 426 g/mol. The monoisotopic (exact) mass is 443 g/mol. The third kappa shape index (κ3) is 4.28. The van der Waals surface area contributed by atoms with Crippen molar-refractivity contribution in [2.24, 2.45) is 5.73 Å². The van der Waals surface area contributed by atoms with Gasteiger partial charge in [-0.3, -0.25) is 9.59 Å². The molecule has 0 saturated heterocycles. The van der Waals surface area contributed by atoms with Gasteiger partial charge in [-0.25, -0.2) is 0 Å². The number of carbonyl (C=O) groups excluding carboxylic acids is 1. The lowest BCUT2D eigenvalue weighted by molar-refractivity contribution is -0.136. The highest BCUT2D eigenvalue weighted by molar-refractivity contribution is 9.10. The highest BCUT2D eigenvalue weighted by Crippen LogP contribution is 2.41. The van der Waals surface area contributed by atoms with Crippen LogP contribution < -0.4 is 5.73 Å². The fourth-order valence-corrected chi connectivity index (χ4v) is 4.37. The van der Waals surface area contributed by atoms with Gasteiger partial charge in [-0.2, -0.15) is 0 Å². The molecule has 138 valence electrons. The number of carboxylic acids is 1. The van der Waals surface area contributed by atoms with E-state index in [0.717, 1.165) is 37.2 Å². The molecule has 2 aromatic carbocycles. The van der Waals surface area contributed by atoms with Crippen LogP contribution in [0.15, 0.2) is 52.3 Å². The highest BCUT2D eigenvalue weighted by Gasteiger charge is 2.18. The van der Waals surface area contributed by atoms with E-state index < -0.39 is 11.9 Å². The fraction of sp³-hybridized carbons (Fsp3) is 0.143. The predicted molar refractivity (Wildman–Crippen MR) is 112 cm³/mol. The van der Waals surface area contributed by atoms with Gasteiger partial charge < -0.3 is 10.8 Å². The fourth-order valence-electron chi connectivity index (χ4n) is 3.04. The van der Waals surface area contributed by atoms with E-state index in [2.05, 4.69) is 21.3 Å². The number of benzene rings is 2. The van der Waals surface area contributed by atoms with Crippen LogP contribution in [0.2, 0.25) is 0 Å². The number of aliphatic carboxylic acids is 1. The average molecular weight is 444 g/mol. The summed E-state index contributed by atoms with van der Waals surface area (Å²) in [5, 5.41) is 11.2. The molecule has 0 radical (unpaired) electrons. The largest absolute Gasteiger partial charge is 0.481 e. The van der Waals surface area contributed by atoms with Gasteiger partial charge in [-0.05, 0) is 59.7 Å². The number of nitrogens with two attached hydrogens (primary N) is 1. The molecule has 3 aromatic rings. The Bertz CT molecular complexity index is 1010. The number of primary amides is 1. The summed E-state index contributed by atoms with van der Waals surface area (Å²) in [7, 11) is 0. The first-order valence-electron chi connectivity index (χ1n) is 8.35. The van der Waals surface area contributed by atoms with E-state index in [0.29, 0.717) is 12.0 Å². The smallest absolute Gasteiger partial charge is 0.303 e. The van der Waals surface area contributed by atoms with Crippen LogP contribution in [0.5, 0.6) is 0 Å². The Morgan fingerprint density at radius 3 is 2.41 bits per heavy atom. The van der Waals surface area contributed by atoms with Crippen molar-refractivity contribution in [3.05, 3.63) is 68.3 Å². The molecule has 0 aliphatic heterocycles. The van der Waals surface area contributed by atoms with Crippen LogP contribution in [-0.2, 0) is 11.2 Å². The first kappa shape index (κ1) is 19.3. The van der Waals surface area contributed by atoms with Crippen molar-refractivity contribution in [3.8, 4) is 22.3 Å². The van der Waals surface area contributed by atoms with Gasteiger partial charge in [0.25, 0.3) is 0 Å². The molecule has 6 heteroatoms. The number of amides is 1. The molecule has 0 atom stereocenters. The van der Waals surface area contributed by atoms with E-state index in [1.54, 1.807) is 23.5 Å². The minimum absolute atomic E-state index is 0.0751. The van der Waals surface area contributed by atoms with Crippen LogP contribution in [-0.4, -0.2) is 17.0 Å². The van der Waals surface area contributed by atoms with Gasteiger partial charge in [0.15, 0.2) is 0 Å². The summed E-state index contributed by atoms with van der Waals surface area (Å²) in [4.78, 5) is 23.6. The number of hydrogen-bond acceptors (Lipinski definition) is 3. The van der Waals surface area contributed by atoms with Crippen LogP contribution >= 0.6 is 27.3 Å². The average Bonchev–Trinajstić information content (AvgIpc) is 3.04. The number of thiophene rings is 1. The summed E-state index contributed by atoms with van der Waals surface area (Å²) in [6.45, 7) is 1.94. The van der Waals surface area contributed by atoms with Crippen molar-refractivity contribution in [3.63, 3.8) is 0 Å². The number of rotatable bonds is 6. The Hall–Kier alpha value is -2.44. The van der Waals surface area contributed by atoms with Crippen LogP contribution in [0.25, 0.3) is 22.3 Å². The Kier molecular flexibility index (Phi) is 5.77. The number of hydrogen-bond donors (Lipinski definition) is 2. The second-order valence-electron chi connectivity index (χ2n) is 6.24. The molecule has 1 aromatic heterocycles. The first-order valence-corrected chi connectivity index (χ1v) is 10.0. The Labute approximate surface area is 169 Å². The van der Waals surface area contributed by atoms with Crippen LogP contribution in [0.4, 0.5) is 0 Å². The minimum atomic E-state index is -0.819. The van der Waals surface area contributed by atoms with Crippen LogP contribution in [0.1, 0.15) is 27.2 Å². The third-order valence-electron chi connectivity index (χ3n) is 4.37. The lowest BCUT2D eigenvalue weighted by Crippen LogP contribution is -2.11.